The van der Waals surface area contributed by atoms with Gasteiger partial charge in [0.1, 0.15) is 0 Å². The molecular weight excluding hydrogens is 178 g/mol. The fourth-order valence-corrected chi connectivity index (χ4v) is 0. The fourth-order valence-electron chi connectivity index (χ4n) is 0. The summed E-state index contributed by atoms with van der Waals surface area (Å²) in [4.78, 5) is 0. The molecule has 0 radical (unpaired) electrons. The van der Waals surface area contributed by atoms with E-state index in [9.17, 15) is 12.9 Å². The van der Waals surface area contributed by atoms with Crippen molar-refractivity contribution < 1.29 is 68.2 Å². The van der Waals surface area contributed by atoms with Crippen LogP contribution in [0.15, 0.2) is 0 Å². The van der Waals surface area contributed by atoms with Gasteiger partial charge >= 0.3 is 45.3 Å². The number of rotatable bonds is 0. The first-order valence-electron chi connectivity index (χ1n) is 1.32. The summed E-state index contributed by atoms with van der Waals surface area (Å²) in [6, 6.07) is 0. The maximum atomic E-state index is 9.67. The maximum Gasteiger partial charge on any atom is 1.00 e. The van der Waals surface area contributed by atoms with Crippen LogP contribution in [0, 0.1) is 0 Å². The molecule has 0 unspecified atom stereocenters. The number of hydrogen-bond acceptors (Lipinski definition) is 4. The van der Waals surface area contributed by atoms with Gasteiger partial charge in [0.05, 0.1) is 0 Å². The average Bonchev–Trinajstić information content (AvgIpc) is 1.19. The Kier molecular flexibility index (Phi) is 22.5. The topological polar surface area (TPSA) is 80.3 Å². The Hall–Kier alpha value is 0.920. The molecule has 0 atom stereocenters. The van der Waals surface area contributed by atoms with E-state index in [0.29, 0.717) is 0 Å². The Morgan fingerprint density at radius 3 is 1.00 bits per heavy atom. The van der Waals surface area contributed by atoms with Crippen LogP contribution in [0.1, 0.15) is 0 Å². The van der Waals surface area contributed by atoms with Crippen LogP contribution in [-0.4, -0.2) is 25.1 Å². The Balaban J connectivity index is -0.0000000383. The van der Waals surface area contributed by atoms with Gasteiger partial charge in [-0.2, -0.15) is 0 Å². The zero-order chi connectivity index (χ0) is 8.08. The van der Waals surface area contributed by atoms with Crippen molar-refractivity contribution in [3.8, 4) is 0 Å². The quantitative estimate of drug-likeness (QED) is 0.210. The Bertz CT molecular complexity index is 135. The van der Waals surface area contributed by atoms with Crippen LogP contribution in [0.5, 0.6) is 0 Å². The van der Waals surface area contributed by atoms with E-state index < -0.39 is 17.9 Å². The summed E-state index contributed by atoms with van der Waals surface area (Å²) in [7, 11) is -8.83. The van der Waals surface area contributed by atoms with Crippen LogP contribution in [0.4, 0.5) is 12.9 Å². The van der Waals surface area contributed by atoms with Gasteiger partial charge in [0.15, 0.2) is 0 Å². The van der Waals surface area contributed by atoms with Gasteiger partial charge in [-0.15, -0.1) is 0 Å². The summed E-state index contributed by atoms with van der Waals surface area (Å²) in [5, 5.41) is 0. The first-order chi connectivity index (χ1) is 3.73. The molecule has 4 nitrogen and oxygen atoms in total. The molecule has 0 saturated heterocycles. The molecule has 0 aromatic heterocycles. The van der Waals surface area contributed by atoms with Crippen molar-refractivity contribution in [1.82, 2.24) is 0 Å². The van der Waals surface area contributed by atoms with Crippen molar-refractivity contribution in [1.29, 1.82) is 0 Å². The zero-order valence-corrected chi connectivity index (χ0v) is 6.57. The van der Waals surface area contributed by atoms with Crippen LogP contribution in [0.3, 0.4) is 0 Å². The van der Waals surface area contributed by atoms with E-state index in [1.165, 1.54) is 0 Å². The zero-order valence-electron chi connectivity index (χ0n) is 5.75. The predicted octanol–water partition coefficient (Wildman–Crippen LogP) is -6.45. The molecule has 0 aromatic carbocycles. The third kappa shape index (κ3) is 1030. The molecular formula is BF3Li2O4S. The summed E-state index contributed by atoms with van der Waals surface area (Å²) in [5.74, 6) is 0. The minimum absolute atomic E-state index is 0. The van der Waals surface area contributed by atoms with Crippen LogP contribution in [-0.2, 0) is 10.4 Å². The average molecular weight is 178 g/mol. The fraction of sp³-hybridized carbons (Fsp3) is 0. The van der Waals surface area contributed by atoms with Gasteiger partial charge in [0, 0.05) is 10.4 Å². The molecule has 0 spiro atoms. The molecule has 0 fully saturated rings. The molecule has 0 aromatic rings. The maximum absolute atomic E-state index is 9.67. The van der Waals surface area contributed by atoms with Crippen molar-refractivity contribution in [2.75, 3.05) is 0 Å². The van der Waals surface area contributed by atoms with E-state index in [1.807, 2.05) is 0 Å². The molecule has 0 rings (SSSR count). The van der Waals surface area contributed by atoms with Gasteiger partial charge in [-0.05, 0) is 0 Å². The molecule has 0 bridgehead atoms. The minimum atomic E-state index is -5.17. The monoisotopic (exact) mass is 178 g/mol. The number of hydrogen-bond donors (Lipinski definition) is 0. The molecule has 0 aliphatic heterocycles. The first kappa shape index (κ1) is 22.7. The summed E-state index contributed by atoms with van der Waals surface area (Å²) in [6.45, 7) is 0. The Morgan fingerprint density at radius 2 is 1.00 bits per heavy atom. The Labute approximate surface area is 86.1 Å². The van der Waals surface area contributed by atoms with E-state index >= 15 is 0 Å². The summed E-state index contributed by atoms with van der Waals surface area (Å²) < 4.78 is 63.1. The standard InChI is InChI=1S/BF3.2Li.H2O4S/c2-1(3)4;;;1-5(2,3)4/h;;;(H2,1,2,3,4)/q;2*+1;/p-2. The third-order valence-corrected chi connectivity index (χ3v) is 0. The largest absolute Gasteiger partial charge is 1.00 e. The molecule has 0 aliphatic rings. The first-order valence-corrected chi connectivity index (χ1v) is 2.65. The van der Waals surface area contributed by atoms with Gasteiger partial charge in [-0.3, -0.25) is 21.4 Å². The second-order valence-corrected chi connectivity index (χ2v) is 1.47. The summed E-state index contributed by atoms with van der Waals surface area (Å²) >= 11 is 0. The van der Waals surface area contributed by atoms with Crippen molar-refractivity contribution in [2.24, 2.45) is 0 Å². The van der Waals surface area contributed by atoms with E-state index in [0.717, 1.165) is 0 Å². The van der Waals surface area contributed by atoms with Gasteiger partial charge in [0.25, 0.3) is 0 Å². The van der Waals surface area contributed by atoms with E-state index in [2.05, 4.69) is 0 Å². The SMILES string of the molecule is FB(F)F.O=S(=O)([O-])[O-].[Li+].[Li+]. The third-order valence-electron chi connectivity index (χ3n) is 0. The second kappa shape index (κ2) is 10.9. The van der Waals surface area contributed by atoms with Crippen molar-refractivity contribution in [3.05, 3.63) is 0 Å². The van der Waals surface area contributed by atoms with E-state index in [1.54, 1.807) is 0 Å². The van der Waals surface area contributed by atoms with Crippen molar-refractivity contribution in [3.63, 3.8) is 0 Å². The Morgan fingerprint density at radius 1 is 1.00 bits per heavy atom. The number of halogens is 3. The van der Waals surface area contributed by atoms with Crippen LogP contribution in [0.25, 0.3) is 0 Å². The van der Waals surface area contributed by atoms with Gasteiger partial charge in [-0.1, -0.05) is 0 Å². The molecule has 0 heterocycles. The second-order valence-electron chi connectivity index (χ2n) is 0.656. The van der Waals surface area contributed by atoms with E-state index in [-0.39, 0.29) is 37.7 Å². The normalized spacial score (nSPS) is 7.73. The van der Waals surface area contributed by atoms with Gasteiger partial charge < -0.3 is 9.11 Å². The molecule has 11 heavy (non-hydrogen) atoms. The van der Waals surface area contributed by atoms with Crippen LogP contribution >= 0.6 is 0 Å². The molecule has 0 aliphatic carbocycles. The molecule has 0 amide bonds. The van der Waals surface area contributed by atoms with Gasteiger partial charge in [0.2, 0.25) is 0 Å². The molecule has 11 heteroatoms. The summed E-state index contributed by atoms with van der Waals surface area (Å²) in [6.07, 6.45) is 0. The van der Waals surface area contributed by atoms with Gasteiger partial charge in [-0.25, -0.2) is 0 Å². The van der Waals surface area contributed by atoms with Crippen molar-refractivity contribution in [2.45, 2.75) is 0 Å². The summed E-state index contributed by atoms with van der Waals surface area (Å²) in [5.41, 5.74) is 0. The smallest absolute Gasteiger partial charge is 0.759 e. The molecule has 0 saturated carbocycles. The van der Waals surface area contributed by atoms with E-state index in [4.69, 9.17) is 17.5 Å². The molecule has 56 valence electrons. The van der Waals surface area contributed by atoms with Crippen LogP contribution in [0.2, 0.25) is 0 Å². The minimum Gasteiger partial charge on any atom is -0.759 e. The van der Waals surface area contributed by atoms with Crippen molar-refractivity contribution >= 4 is 17.9 Å². The molecule has 0 N–H and O–H groups in total. The van der Waals surface area contributed by atoms with Crippen LogP contribution < -0.4 is 37.7 Å². The predicted molar refractivity (Wildman–Crippen MR) is 19.6 cm³/mol.